The summed E-state index contributed by atoms with van der Waals surface area (Å²) < 4.78 is 66.2. The summed E-state index contributed by atoms with van der Waals surface area (Å²) in [4.78, 5) is 34.0. The van der Waals surface area contributed by atoms with Crippen LogP contribution in [-0.2, 0) is 4.74 Å². The molecule has 5 aliphatic heterocycles. The molecule has 6 atom stereocenters. The largest absolute Gasteiger partial charge is 0.472 e. The summed E-state index contributed by atoms with van der Waals surface area (Å²) in [6, 6.07) is 6.97. The minimum atomic E-state index is -1.03. The van der Waals surface area contributed by atoms with E-state index < -0.39 is 47.2 Å². The van der Waals surface area contributed by atoms with Gasteiger partial charge in [0.1, 0.15) is 52.7 Å². The molecule has 4 saturated heterocycles. The van der Waals surface area contributed by atoms with E-state index in [1.807, 2.05) is 32.6 Å². The molecule has 0 spiro atoms. The summed E-state index contributed by atoms with van der Waals surface area (Å²) in [6.07, 6.45) is 6.19. The fraction of sp³-hybridized carbons (Fsp3) is 0.463. The number of amides is 1. The van der Waals surface area contributed by atoms with E-state index in [0.717, 1.165) is 18.4 Å². The van der Waals surface area contributed by atoms with Crippen molar-refractivity contribution in [1.82, 2.24) is 24.8 Å². The smallest absolute Gasteiger partial charge is 0.410 e. The lowest BCUT2D eigenvalue weighted by Crippen LogP contribution is -2.65. The lowest BCUT2D eigenvalue weighted by Gasteiger charge is -2.48. The van der Waals surface area contributed by atoms with E-state index in [1.165, 1.54) is 6.07 Å². The van der Waals surface area contributed by atoms with Gasteiger partial charge in [-0.15, -0.1) is 6.42 Å². The van der Waals surface area contributed by atoms with Gasteiger partial charge < -0.3 is 19.1 Å². The number of anilines is 1. The molecule has 10 nitrogen and oxygen atoms in total. The van der Waals surface area contributed by atoms with Crippen LogP contribution in [0.15, 0.2) is 42.5 Å². The van der Waals surface area contributed by atoms with Gasteiger partial charge in [0, 0.05) is 37.0 Å². The number of nitrogens with zero attached hydrogens (tertiary/aromatic N) is 6. The van der Waals surface area contributed by atoms with Gasteiger partial charge >= 0.3 is 12.1 Å². The van der Waals surface area contributed by atoms with Gasteiger partial charge in [-0.25, -0.2) is 22.9 Å². The molecular weight excluding hydrogens is 697 g/mol. The number of piperazine rings is 1. The molecule has 0 aliphatic carbocycles. The number of rotatable bonds is 4. The molecule has 54 heavy (non-hydrogen) atoms. The highest BCUT2D eigenvalue weighted by molar-refractivity contribution is 6.03. The number of aromatic nitrogens is 3. The molecule has 2 bridgehead atoms. The normalized spacial score (nSPS) is 27.4. The number of hydrogen-bond acceptors (Lipinski definition) is 9. The standard InChI is InChI=1S/C41H41F3N6O4/c1-7-26-28(43)13-11-23-9-8-10-27(30(23)26)33-32(44)34-31-36(47-38(46-34)52-20-41-17-24(42)18-48(41)16-15-21(41)2)49-19-25-12-14-29(35(49)22(3)53-37(31)45-33)50(25)39(51)54-40(4,5)6/h1,8-11,13,22,24-25,29,35H,2,12,14-20H2,3-6H3/t22-,24+,25+,29-,35+,41-/m0/s1. The van der Waals surface area contributed by atoms with Crippen LogP contribution in [0, 0.1) is 24.0 Å². The first-order valence-corrected chi connectivity index (χ1v) is 18.5. The monoisotopic (exact) mass is 738 g/mol. The van der Waals surface area contributed by atoms with E-state index in [9.17, 15) is 9.18 Å². The molecule has 0 N–H and O–H groups in total. The molecule has 5 aliphatic rings. The lowest BCUT2D eigenvalue weighted by molar-refractivity contribution is 0.000937. The average Bonchev–Trinajstić information content (AvgIpc) is 3.70. The maximum Gasteiger partial charge on any atom is 0.410 e. The highest BCUT2D eigenvalue weighted by Gasteiger charge is 2.55. The zero-order chi connectivity index (χ0) is 37.8. The van der Waals surface area contributed by atoms with E-state index in [2.05, 4.69) is 27.3 Å². The Morgan fingerprint density at radius 1 is 1.13 bits per heavy atom. The molecule has 7 heterocycles. The number of pyridine rings is 1. The summed E-state index contributed by atoms with van der Waals surface area (Å²) in [5.74, 6) is 1.48. The number of hydrogen-bond donors (Lipinski definition) is 0. The van der Waals surface area contributed by atoms with Crippen LogP contribution in [0.5, 0.6) is 11.9 Å². The van der Waals surface area contributed by atoms with Gasteiger partial charge in [-0.3, -0.25) is 9.80 Å². The van der Waals surface area contributed by atoms with Crippen LogP contribution >= 0.6 is 0 Å². The van der Waals surface area contributed by atoms with Crippen LogP contribution in [0.3, 0.4) is 0 Å². The number of carbonyl (C=O) groups excluding carboxylic acids is 1. The van der Waals surface area contributed by atoms with Gasteiger partial charge in [0.15, 0.2) is 5.82 Å². The summed E-state index contributed by atoms with van der Waals surface area (Å²) in [7, 11) is 0. The van der Waals surface area contributed by atoms with Crippen molar-refractivity contribution in [2.24, 2.45) is 0 Å². The molecule has 13 heteroatoms. The Morgan fingerprint density at radius 2 is 1.94 bits per heavy atom. The summed E-state index contributed by atoms with van der Waals surface area (Å²) >= 11 is 0. The van der Waals surface area contributed by atoms with E-state index >= 15 is 8.78 Å². The number of fused-ring (bicyclic) bond motifs is 7. The second-order valence-corrected chi connectivity index (χ2v) is 16.2. The molecule has 1 amide bonds. The SMILES string of the molecule is C#Cc1c(F)ccc2cccc(-c3nc4c5c(nc(OC[C@]67C[C@@H](F)CN6CCC7=C)nc5c3F)N3C[C@H]5CC[C@@H]([C@H]3[C@H](C)O4)N5C(=O)OC(C)(C)C)c12. The molecule has 280 valence electrons. The van der Waals surface area contributed by atoms with Gasteiger partial charge in [0.2, 0.25) is 5.88 Å². The molecule has 2 aromatic carbocycles. The second kappa shape index (κ2) is 12.2. The summed E-state index contributed by atoms with van der Waals surface area (Å²) in [5.41, 5.74) is -0.519. The van der Waals surface area contributed by atoms with Gasteiger partial charge in [-0.05, 0) is 58.4 Å². The topological polar surface area (TPSA) is 93.2 Å². The van der Waals surface area contributed by atoms with E-state index in [4.69, 9.17) is 30.6 Å². The number of halogens is 3. The van der Waals surface area contributed by atoms with Crippen molar-refractivity contribution in [2.45, 2.75) is 94.9 Å². The lowest BCUT2D eigenvalue weighted by atomic mass is 9.90. The highest BCUT2D eigenvalue weighted by atomic mass is 19.1. The number of alkyl halides is 1. The van der Waals surface area contributed by atoms with Crippen molar-refractivity contribution in [3.8, 4) is 35.5 Å². The maximum atomic E-state index is 17.4. The van der Waals surface area contributed by atoms with Crippen molar-refractivity contribution in [2.75, 3.05) is 31.1 Å². The summed E-state index contributed by atoms with van der Waals surface area (Å²) in [6.45, 7) is 13.0. The van der Waals surface area contributed by atoms with Crippen molar-refractivity contribution in [3.63, 3.8) is 0 Å². The van der Waals surface area contributed by atoms with Crippen molar-refractivity contribution in [1.29, 1.82) is 0 Å². The number of carbonyl (C=O) groups is 1. The Kier molecular flexibility index (Phi) is 7.84. The quantitative estimate of drug-likeness (QED) is 0.163. The van der Waals surface area contributed by atoms with Gasteiger partial charge in [0.25, 0.3) is 0 Å². The minimum absolute atomic E-state index is 0.0179. The minimum Gasteiger partial charge on any atom is -0.472 e. The fourth-order valence-corrected chi connectivity index (χ4v) is 9.54. The predicted octanol–water partition coefficient (Wildman–Crippen LogP) is 6.96. The van der Waals surface area contributed by atoms with E-state index in [0.29, 0.717) is 36.1 Å². The van der Waals surface area contributed by atoms with Crippen LogP contribution < -0.4 is 14.4 Å². The maximum absolute atomic E-state index is 17.4. The van der Waals surface area contributed by atoms with Crippen molar-refractivity contribution in [3.05, 3.63) is 59.7 Å². The van der Waals surface area contributed by atoms with Gasteiger partial charge in [-0.2, -0.15) is 9.97 Å². The number of terminal acetylenes is 1. The molecule has 0 saturated carbocycles. The first-order valence-electron chi connectivity index (χ1n) is 18.5. The molecule has 2 aromatic heterocycles. The number of benzene rings is 2. The zero-order valence-electron chi connectivity index (χ0n) is 30.7. The molecule has 4 fully saturated rings. The Morgan fingerprint density at radius 3 is 2.72 bits per heavy atom. The molecule has 0 unspecified atom stereocenters. The predicted molar refractivity (Wildman–Crippen MR) is 197 cm³/mol. The van der Waals surface area contributed by atoms with Crippen LogP contribution in [0.2, 0.25) is 0 Å². The number of ether oxygens (including phenoxy) is 3. The van der Waals surface area contributed by atoms with Crippen molar-refractivity contribution < 1.29 is 32.2 Å². The second-order valence-electron chi connectivity index (χ2n) is 16.2. The van der Waals surface area contributed by atoms with E-state index in [-0.39, 0.29) is 71.3 Å². The third kappa shape index (κ3) is 5.20. The first-order chi connectivity index (χ1) is 25.8. The van der Waals surface area contributed by atoms with Crippen molar-refractivity contribution >= 4 is 33.6 Å². The third-order valence-corrected chi connectivity index (χ3v) is 11.8. The van der Waals surface area contributed by atoms with E-state index in [1.54, 1.807) is 24.3 Å². The van der Waals surface area contributed by atoms with Crippen LogP contribution in [-0.4, -0.2) is 98.6 Å². The Hall–Kier alpha value is -5.09. The van der Waals surface area contributed by atoms with Crippen LogP contribution in [0.25, 0.3) is 32.9 Å². The Balaban J connectivity index is 1.22. The van der Waals surface area contributed by atoms with Crippen LogP contribution in [0.4, 0.5) is 23.8 Å². The highest BCUT2D eigenvalue weighted by Crippen LogP contribution is 2.48. The summed E-state index contributed by atoms with van der Waals surface area (Å²) in [5, 5.41) is 1.19. The average molecular weight is 739 g/mol. The molecule has 9 rings (SSSR count). The third-order valence-electron chi connectivity index (χ3n) is 11.8. The Bertz CT molecular complexity index is 2310. The molecule has 0 radical (unpaired) electrons. The first kappa shape index (κ1) is 34.7. The van der Waals surface area contributed by atoms with Gasteiger partial charge in [-0.1, -0.05) is 42.3 Å². The fourth-order valence-electron chi connectivity index (χ4n) is 9.54. The Labute approximate surface area is 311 Å². The van der Waals surface area contributed by atoms with Crippen LogP contribution in [0.1, 0.15) is 58.9 Å². The van der Waals surface area contributed by atoms with Gasteiger partial charge in [0.05, 0.1) is 29.2 Å². The molecule has 4 aromatic rings. The molecular formula is C41H41F3N6O4. The zero-order valence-corrected chi connectivity index (χ0v) is 30.7.